The highest BCUT2D eigenvalue weighted by atomic mass is 35.5. The van der Waals surface area contributed by atoms with Crippen LogP contribution in [0.3, 0.4) is 0 Å². The number of rotatable bonds is 3. The van der Waals surface area contributed by atoms with Crippen molar-refractivity contribution in [2.24, 2.45) is 0 Å². The fourth-order valence-corrected chi connectivity index (χ4v) is 4.74. The van der Waals surface area contributed by atoms with E-state index in [1.165, 1.54) is 30.0 Å². The topological polar surface area (TPSA) is 90.1 Å². The van der Waals surface area contributed by atoms with Crippen molar-refractivity contribution >= 4 is 40.8 Å². The summed E-state index contributed by atoms with van der Waals surface area (Å²) in [6.45, 7) is 1.86. The highest BCUT2D eigenvalue weighted by Gasteiger charge is 2.32. The monoisotopic (exact) mass is 414 g/mol. The molecule has 0 saturated carbocycles. The average Bonchev–Trinajstić information content (AvgIpc) is 2.89. The number of non-ortho nitro benzene ring substituents is 1. The molecule has 1 atom stereocenters. The molecule has 0 saturated heterocycles. The number of nitrogens with zero attached hydrogens (tertiary/aromatic N) is 3. The molecule has 9 heteroatoms. The van der Waals surface area contributed by atoms with Crippen LogP contribution in [-0.4, -0.2) is 26.4 Å². The van der Waals surface area contributed by atoms with E-state index in [2.05, 4.69) is 10.4 Å². The molecule has 0 aliphatic carbocycles. The predicted molar refractivity (Wildman–Crippen MR) is 109 cm³/mol. The molecule has 1 N–H and O–H groups in total. The van der Waals surface area contributed by atoms with E-state index in [1.54, 1.807) is 4.68 Å². The molecule has 2 heterocycles. The SMILES string of the molecule is Cc1nn(-c2ccccc2)c2c1C(c1cc([N+](=O)[O-])ccc1Cl)SCC(=O)N2. The molecule has 1 unspecified atom stereocenters. The summed E-state index contributed by atoms with van der Waals surface area (Å²) in [6, 6.07) is 13.8. The van der Waals surface area contributed by atoms with Crippen LogP contribution in [0.4, 0.5) is 11.5 Å². The first-order valence-corrected chi connectivity index (χ1v) is 9.88. The third kappa shape index (κ3) is 3.25. The largest absolute Gasteiger partial charge is 0.310 e. The lowest BCUT2D eigenvalue weighted by Crippen LogP contribution is -2.15. The van der Waals surface area contributed by atoms with Crippen LogP contribution < -0.4 is 5.32 Å². The number of benzene rings is 2. The van der Waals surface area contributed by atoms with Gasteiger partial charge in [0.15, 0.2) is 0 Å². The summed E-state index contributed by atoms with van der Waals surface area (Å²) in [6.07, 6.45) is 0. The van der Waals surface area contributed by atoms with Gasteiger partial charge in [-0.15, -0.1) is 11.8 Å². The number of nitro benzene ring substituents is 1. The van der Waals surface area contributed by atoms with Crippen molar-refractivity contribution in [3.05, 3.63) is 80.5 Å². The molecule has 0 bridgehead atoms. The second-order valence-electron chi connectivity index (χ2n) is 6.30. The second kappa shape index (κ2) is 7.29. The smallest absolute Gasteiger partial charge is 0.269 e. The molecule has 142 valence electrons. The molecular formula is C19H15ClN4O3S. The molecule has 0 spiro atoms. The van der Waals surface area contributed by atoms with E-state index in [0.717, 1.165) is 16.9 Å². The lowest BCUT2D eigenvalue weighted by Gasteiger charge is -2.16. The van der Waals surface area contributed by atoms with Crippen LogP contribution in [0.15, 0.2) is 48.5 Å². The van der Waals surface area contributed by atoms with Gasteiger partial charge in [-0.05, 0) is 30.7 Å². The number of aryl methyl sites for hydroxylation is 1. The number of nitro groups is 1. The number of thioether (sulfide) groups is 1. The fraction of sp³-hybridized carbons (Fsp3) is 0.158. The number of carbonyl (C=O) groups is 1. The van der Waals surface area contributed by atoms with Gasteiger partial charge in [0.1, 0.15) is 5.82 Å². The molecule has 7 nitrogen and oxygen atoms in total. The standard InChI is InChI=1S/C19H15ClN4O3S/c1-11-17-18(14-9-13(24(26)27)7-8-15(14)20)28-10-16(25)21-19(17)23(22-11)12-5-3-2-4-6-12/h2-9,18H,10H2,1H3,(H,21,25). The lowest BCUT2D eigenvalue weighted by molar-refractivity contribution is -0.384. The number of aromatic nitrogens is 2. The highest BCUT2D eigenvalue weighted by Crippen LogP contribution is 2.46. The van der Waals surface area contributed by atoms with Gasteiger partial charge in [-0.2, -0.15) is 5.10 Å². The van der Waals surface area contributed by atoms with Crippen molar-refractivity contribution in [3.8, 4) is 5.69 Å². The first kappa shape index (κ1) is 18.5. The Kier molecular flexibility index (Phi) is 4.82. The van der Waals surface area contributed by atoms with Crippen molar-refractivity contribution < 1.29 is 9.72 Å². The molecule has 3 aromatic rings. The zero-order chi connectivity index (χ0) is 19.8. The van der Waals surface area contributed by atoms with Crippen LogP contribution >= 0.6 is 23.4 Å². The Balaban J connectivity index is 1.92. The minimum absolute atomic E-state index is 0.0433. The number of halogens is 1. The van der Waals surface area contributed by atoms with Crippen LogP contribution in [-0.2, 0) is 4.79 Å². The van der Waals surface area contributed by atoms with Gasteiger partial charge in [-0.3, -0.25) is 14.9 Å². The van der Waals surface area contributed by atoms with Crippen molar-refractivity contribution in [2.75, 3.05) is 11.1 Å². The lowest BCUT2D eigenvalue weighted by atomic mass is 10.0. The zero-order valence-corrected chi connectivity index (χ0v) is 16.3. The van der Waals surface area contributed by atoms with E-state index in [4.69, 9.17) is 11.6 Å². The molecule has 1 aromatic heterocycles. The van der Waals surface area contributed by atoms with E-state index in [-0.39, 0.29) is 22.6 Å². The number of hydrogen-bond donors (Lipinski definition) is 1. The summed E-state index contributed by atoms with van der Waals surface area (Å²) in [7, 11) is 0. The molecule has 1 aliphatic heterocycles. The van der Waals surface area contributed by atoms with Crippen molar-refractivity contribution in [2.45, 2.75) is 12.2 Å². The van der Waals surface area contributed by atoms with Gasteiger partial charge in [0.25, 0.3) is 5.69 Å². The Morgan fingerprint density at radius 3 is 2.75 bits per heavy atom. The average molecular weight is 415 g/mol. The van der Waals surface area contributed by atoms with Crippen LogP contribution in [0.2, 0.25) is 5.02 Å². The molecule has 4 rings (SSSR count). The second-order valence-corrected chi connectivity index (χ2v) is 7.80. The van der Waals surface area contributed by atoms with E-state index < -0.39 is 4.92 Å². The molecule has 1 amide bonds. The summed E-state index contributed by atoms with van der Waals surface area (Å²) >= 11 is 7.77. The van der Waals surface area contributed by atoms with Crippen molar-refractivity contribution in [1.29, 1.82) is 0 Å². The Hall–Kier alpha value is -2.84. The van der Waals surface area contributed by atoms with Gasteiger partial charge in [0, 0.05) is 22.7 Å². The predicted octanol–water partition coefficient (Wildman–Crippen LogP) is 4.52. The van der Waals surface area contributed by atoms with Gasteiger partial charge in [0.05, 0.1) is 27.3 Å². The molecule has 1 aliphatic rings. The number of amides is 1. The van der Waals surface area contributed by atoms with Gasteiger partial charge < -0.3 is 5.32 Å². The van der Waals surface area contributed by atoms with Gasteiger partial charge >= 0.3 is 0 Å². The first-order valence-electron chi connectivity index (χ1n) is 8.46. The summed E-state index contributed by atoms with van der Waals surface area (Å²) in [5.41, 5.74) is 2.87. The van der Waals surface area contributed by atoms with Gasteiger partial charge in [-0.1, -0.05) is 29.8 Å². The summed E-state index contributed by atoms with van der Waals surface area (Å²) < 4.78 is 1.69. The third-order valence-electron chi connectivity index (χ3n) is 4.48. The third-order valence-corrected chi connectivity index (χ3v) is 6.08. The summed E-state index contributed by atoms with van der Waals surface area (Å²) in [5, 5.41) is 18.8. The summed E-state index contributed by atoms with van der Waals surface area (Å²) in [4.78, 5) is 23.2. The van der Waals surface area contributed by atoms with Crippen LogP contribution in [0.1, 0.15) is 22.1 Å². The number of anilines is 1. The van der Waals surface area contributed by atoms with Crippen LogP contribution in [0.5, 0.6) is 0 Å². The maximum atomic E-state index is 12.4. The number of nitrogens with one attached hydrogen (secondary N) is 1. The Morgan fingerprint density at radius 1 is 1.29 bits per heavy atom. The quantitative estimate of drug-likeness (QED) is 0.502. The molecule has 28 heavy (non-hydrogen) atoms. The molecule has 0 radical (unpaired) electrons. The summed E-state index contributed by atoms with van der Waals surface area (Å²) in [5.74, 6) is 0.603. The number of carbonyl (C=O) groups excluding carboxylic acids is 1. The number of fused-ring (bicyclic) bond motifs is 1. The highest BCUT2D eigenvalue weighted by molar-refractivity contribution is 8.00. The maximum Gasteiger partial charge on any atom is 0.269 e. The Labute approximate surface area is 169 Å². The molecule has 0 fully saturated rings. The Morgan fingerprint density at radius 2 is 2.04 bits per heavy atom. The minimum atomic E-state index is -0.453. The van der Waals surface area contributed by atoms with Crippen LogP contribution in [0, 0.1) is 17.0 Å². The normalized spacial score (nSPS) is 16.2. The fourth-order valence-electron chi connectivity index (χ4n) is 3.23. The van der Waals surface area contributed by atoms with E-state index >= 15 is 0 Å². The van der Waals surface area contributed by atoms with E-state index in [1.807, 2.05) is 37.3 Å². The van der Waals surface area contributed by atoms with Crippen molar-refractivity contribution in [3.63, 3.8) is 0 Å². The van der Waals surface area contributed by atoms with Gasteiger partial charge in [0.2, 0.25) is 5.91 Å². The Bertz CT molecular complexity index is 1080. The molecule has 2 aromatic carbocycles. The van der Waals surface area contributed by atoms with E-state index in [9.17, 15) is 14.9 Å². The van der Waals surface area contributed by atoms with Gasteiger partial charge in [-0.25, -0.2) is 4.68 Å². The zero-order valence-electron chi connectivity index (χ0n) is 14.8. The van der Waals surface area contributed by atoms with Crippen molar-refractivity contribution in [1.82, 2.24) is 9.78 Å². The van der Waals surface area contributed by atoms with Crippen LogP contribution in [0.25, 0.3) is 5.69 Å². The number of para-hydroxylation sites is 1. The number of hydrogen-bond acceptors (Lipinski definition) is 5. The molecular weight excluding hydrogens is 400 g/mol. The van der Waals surface area contributed by atoms with E-state index in [0.29, 0.717) is 16.4 Å². The maximum absolute atomic E-state index is 12.4. The minimum Gasteiger partial charge on any atom is -0.310 e. The first-order chi connectivity index (χ1) is 13.5.